The summed E-state index contributed by atoms with van der Waals surface area (Å²) < 4.78 is 13.0. The van der Waals surface area contributed by atoms with Crippen molar-refractivity contribution < 1.29 is 4.39 Å². The van der Waals surface area contributed by atoms with Gasteiger partial charge in [0.1, 0.15) is 5.82 Å². The molecule has 0 aliphatic rings. The molecule has 1 heteroatoms. The van der Waals surface area contributed by atoms with E-state index in [0.717, 1.165) is 18.4 Å². The third-order valence-corrected chi connectivity index (χ3v) is 2.01. The van der Waals surface area contributed by atoms with Gasteiger partial charge in [-0.2, -0.15) is 0 Å². The van der Waals surface area contributed by atoms with Gasteiger partial charge in [0.25, 0.3) is 0 Å². The summed E-state index contributed by atoms with van der Waals surface area (Å²) in [5, 5.41) is 0. The first kappa shape index (κ1) is 12.7. The molecule has 0 fully saturated rings. The second-order valence-corrected chi connectivity index (χ2v) is 3.05. The zero-order chi connectivity index (χ0) is 10.8. The van der Waals surface area contributed by atoms with E-state index in [1.807, 2.05) is 12.1 Å². The van der Waals surface area contributed by atoms with E-state index in [1.165, 1.54) is 18.9 Å². The number of terminal acetylenes is 1. The molecule has 0 nitrogen and oxygen atoms in total. The van der Waals surface area contributed by atoms with Gasteiger partial charge in [-0.15, -0.1) is 12.8 Å². The van der Waals surface area contributed by atoms with Crippen molar-refractivity contribution in [3.8, 4) is 12.8 Å². The van der Waals surface area contributed by atoms with Crippen molar-refractivity contribution in [2.75, 3.05) is 0 Å². The van der Waals surface area contributed by atoms with Crippen LogP contribution in [0.5, 0.6) is 0 Å². The van der Waals surface area contributed by atoms with Gasteiger partial charge < -0.3 is 0 Å². The summed E-state index contributed by atoms with van der Waals surface area (Å²) in [5.41, 5.74) is 0.853. The fraction of sp³-hybridized carbons (Fsp3) is 0.385. The highest BCUT2D eigenvalue weighted by Crippen LogP contribution is 2.10. The van der Waals surface area contributed by atoms with Crippen LogP contribution >= 0.6 is 0 Å². The van der Waals surface area contributed by atoms with E-state index >= 15 is 0 Å². The van der Waals surface area contributed by atoms with Crippen molar-refractivity contribution in [3.05, 3.63) is 35.6 Å². The molecule has 0 saturated carbocycles. The normalized spacial score (nSPS) is 8.86. The Balaban J connectivity index is 0.000000791. The number of rotatable bonds is 4. The molecule has 0 aliphatic heterocycles. The van der Waals surface area contributed by atoms with E-state index in [-0.39, 0.29) is 5.82 Å². The largest absolute Gasteiger partial charge is 0.207 e. The topological polar surface area (TPSA) is 0 Å². The second kappa shape index (κ2) is 8.31. The summed E-state index contributed by atoms with van der Waals surface area (Å²) in [6.07, 6.45) is 12.3. The van der Waals surface area contributed by atoms with Crippen LogP contribution in [0.1, 0.15) is 31.7 Å². The van der Waals surface area contributed by atoms with Crippen molar-refractivity contribution in [2.24, 2.45) is 0 Å². The van der Waals surface area contributed by atoms with E-state index in [2.05, 4.69) is 19.8 Å². The molecule has 0 aliphatic carbocycles. The van der Waals surface area contributed by atoms with Crippen LogP contribution in [-0.2, 0) is 6.42 Å². The summed E-state index contributed by atoms with van der Waals surface area (Å²) >= 11 is 0. The third kappa shape index (κ3) is 4.67. The van der Waals surface area contributed by atoms with Gasteiger partial charge in [-0.25, -0.2) is 4.39 Å². The van der Waals surface area contributed by atoms with E-state index in [1.54, 1.807) is 6.07 Å². The molecule has 0 atom stereocenters. The molecular formula is C13H17F. The number of unbranched alkanes of at least 4 members (excludes halogenated alkanes) is 2. The number of hydrogen-bond acceptors (Lipinski definition) is 0. The highest BCUT2D eigenvalue weighted by atomic mass is 19.1. The lowest BCUT2D eigenvalue weighted by molar-refractivity contribution is 0.599. The molecule has 0 N–H and O–H groups in total. The van der Waals surface area contributed by atoms with Gasteiger partial charge >= 0.3 is 0 Å². The molecule has 0 bridgehead atoms. The van der Waals surface area contributed by atoms with Crippen molar-refractivity contribution in [2.45, 2.75) is 32.6 Å². The first-order valence-corrected chi connectivity index (χ1v) is 4.91. The second-order valence-electron chi connectivity index (χ2n) is 3.05. The predicted molar refractivity (Wildman–Crippen MR) is 59.5 cm³/mol. The molecule has 0 heterocycles. The van der Waals surface area contributed by atoms with Gasteiger partial charge in [-0.05, 0) is 24.5 Å². The molecule has 14 heavy (non-hydrogen) atoms. The smallest absolute Gasteiger partial charge is 0.126 e. The number of benzene rings is 1. The molecule has 0 saturated heterocycles. The third-order valence-electron chi connectivity index (χ3n) is 2.01. The molecule has 0 amide bonds. The fourth-order valence-corrected chi connectivity index (χ4v) is 1.27. The quantitative estimate of drug-likeness (QED) is 0.502. The van der Waals surface area contributed by atoms with E-state index in [4.69, 9.17) is 0 Å². The Hall–Kier alpha value is -1.29. The molecule has 0 aromatic heterocycles. The van der Waals surface area contributed by atoms with Crippen LogP contribution in [0.15, 0.2) is 24.3 Å². The van der Waals surface area contributed by atoms with Crippen molar-refractivity contribution in [3.63, 3.8) is 0 Å². The van der Waals surface area contributed by atoms with Crippen molar-refractivity contribution >= 4 is 0 Å². The monoisotopic (exact) mass is 192 g/mol. The SMILES string of the molecule is C#C.CCCCCc1ccccc1F. The van der Waals surface area contributed by atoms with Crippen LogP contribution in [0.4, 0.5) is 4.39 Å². The minimum Gasteiger partial charge on any atom is -0.207 e. The minimum absolute atomic E-state index is 0.0615. The van der Waals surface area contributed by atoms with E-state index in [0.29, 0.717) is 0 Å². The lowest BCUT2D eigenvalue weighted by atomic mass is 10.1. The van der Waals surface area contributed by atoms with Gasteiger partial charge in [-0.3, -0.25) is 0 Å². The molecule has 1 aromatic carbocycles. The van der Waals surface area contributed by atoms with Gasteiger partial charge in [0.05, 0.1) is 0 Å². The Morgan fingerprint density at radius 3 is 2.36 bits per heavy atom. The van der Waals surface area contributed by atoms with Crippen molar-refractivity contribution in [1.29, 1.82) is 0 Å². The van der Waals surface area contributed by atoms with Gasteiger partial charge in [-0.1, -0.05) is 38.0 Å². The molecule has 0 spiro atoms. The summed E-state index contributed by atoms with van der Waals surface area (Å²) in [6, 6.07) is 7.02. The maximum absolute atomic E-state index is 13.0. The van der Waals surface area contributed by atoms with Crippen LogP contribution in [0.25, 0.3) is 0 Å². The highest BCUT2D eigenvalue weighted by molar-refractivity contribution is 5.17. The maximum Gasteiger partial charge on any atom is 0.126 e. The summed E-state index contributed by atoms with van der Waals surface area (Å²) in [7, 11) is 0. The molecule has 1 aromatic rings. The average molecular weight is 192 g/mol. The predicted octanol–water partition coefficient (Wildman–Crippen LogP) is 3.81. The molecule has 0 unspecified atom stereocenters. The zero-order valence-electron chi connectivity index (χ0n) is 8.67. The maximum atomic E-state index is 13.0. The van der Waals surface area contributed by atoms with Crippen LogP contribution in [-0.4, -0.2) is 0 Å². The number of hydrogen-bond donors (Lipinski definition) is 0. The summed E-state index contributed by atoms with van der Waals surface area (Å²) in [4.78, 5) is 0. The Morgan fingerprint density at radius 2 is 1.79 bits per heavy atom. The standard InChI is InChI=1S/C11H15F.C2H2/c1-2-3-4-7-10-8-5-6-9-11(10)12;1-2/h5-6,8-9H,2-4,7H2,1H3;1-2H. The molecule has 76 valence electrons. The lowest BCUT2D eigenvalue weighted by Crippen LogP contribution is -1.89. The Bertz CT molecular complexity index is 263. The Morgan fingerprint density at radius 1 is 1.14 bits per heavy atom. The number of halogens is 1. The van der Waals surface area contributed by atoms with Crippen molar-refractivity contribution in [1.82, 2.24) is 0 Å². The Labute approximate surface area is 86.2 Å². The van der Waals surface area contributed by atoms with Crippen LogP contribution in [0, 0.1) is 18.7 Å². The molecular weight excluding hydrogens is 175 g/mol. The van der Waals surface area contributed by atoms with E-state index in [9.17, 15) is 4.39 Å². The summed E-state index contributed by atoms with van der Waals surface area (Å²) in [5.74, 6) is -0.0615. The summed E-state index contributed by atoms with van der Waals surface area (Å²) in [6.45, 7) is 2.15. The molecule has 1 rings (SSSR count). The minimum atomic E-state index is -0.0615. The van der Waals surface area contributed by atoms with Crippen LogP contribution in [0.3, 0.4) is 0 Å². The number of aryl methyl sites for hydroxylation is 1. The van der Waals surface area contributed by atoms with Gasteiger partial charge in [0.15, 0.2) is 0 Å². The fourth-order valence-electron chi connectivity index (χ4n) is 1.27. The van der Waals surface area contributed by atoms with Gasteiger partial charge in [0, 0.05) is 0 Å². The highest BCUT2D eigenvalue weighted by Gasteiger charge is 1.98. The van der Waals surface area contributed by atoms with Gasteiger partial charge in [0.2, 0.25) is 0 Å². The zero-order valence-corrected chi connectivity index (χ0v) is 8.67. The molecule has 0 radical (unpaired) electrons. The first-order chi connectivity index (χ1) is 6.84. The van der Waals surface area contributed by atoms with Crippen LogP contribution < -0.4 is 0 Å². The average Bonchev–Trinajstić information content (AvgIpc) is 2.24. The Kier molecular flexibility index (Phi) is 7.55. The lowest BCUT2D eigenvalue weighted by Gasteiger charge is -2.00. The first-order valence-electron chi connectivity index (χ1n) is 4.91. The van der Waals surface area contributed by atoms with Crippen LogP contribution in [0.2, 0.25) is 0 Å². The van der Waals surface area contributed by atoms with E-state index < -0.39 is 0 Å².